The second-order valence-corrected chi connectivity index (χ2v) is 4.05. The van der Waals surface area contributed by atoms with Crippen LogP contribution in [0.15, 0.2) is 24.3 Å². The van der Waals surface area contributed by atoms with Crippen molar-refractivity contribution in [3.63, 3.8) is 0 Å². The maximum Gasteiger partial charge on any atom is 0.222 e. The summed E-state index contributed by atoms with van der Waals surface area (Å²) in [6, 6.07) is 8.32. The highest BCUT2D eigenvalue weighted by Crippen LogP contribution is 2.05. The van der Waals surface area contributed by atoms with E-state index in [-0.39, 0.29) is 11.8 Å². The van der Waals surface area contributed by atoms with E-state index in [0.717, 1.165) is 6.42 Å². The van der Waals surface area contributed by atoms with Crippen LogP contribution in [0.1, 0.15) is 31.9 Å². The van der Waals surface area contributed by atoms with Crippen LogP contribution in [0.3, 0.4) is 0 Å². The summed E-state index contributed by atoms with van der Waals surface area (Å²) in [5.74, 6) is 0.163. The van der Waals surface area contributed by atoms with E-state index in [1.54, 1.807) is 0 Å². The molecule has 0 bridgehead atoms. The van der Waals surface area contributed by atoms with Crippen molar-refractivity contribution in [2.24, 2.45) is 5.92 Å². The summed E-state index contributed by atoms with van der Waals surface area (Å²) in [5, 5.41) is 2.91. The van der Waals surface area contributed by atoms with Gasteiger partial charge in [-0.05, 0) is 17.5 Å². The van der Waals surface area contributed by atoms with E-state index in [1.807, 2.05) is 26.0 Å². The normalized spacial score (nSPS) is 10.4. The first kappa shape index (κ1) is 11.8. The number of carbonyl (C=O) groups is 1. The minimum Gasteiger partial charge on any atom is -0.352 e. The van der Waals surface area contributed by atoms with Crippen molar-refractivity contribution in [3.05, 3.63) is 35.4 Å². The lowest BCUT2D eigenvalue weighted by Crippen LogP contribution is -2.27. The van der Waals surface area contributed by atoms with Gasteiger partial charge >= 0.3 is 0 Å². The zero-order valence-corrected chi connectivity index (χ0v) is 9.71. The zero-order chi connectivity index (χ0) is 11.3. The van der Waals surface area contributed by atoms with Gasteiger partial charge in [-0.1, -0.05) is 45.0 Å². The fraction of sp³-hybridized carbons (Fsp3) is 0.462. The first-order valence-electron chi connectivity index (χ1n) is 5.49. The largest absolute Gasteiger partial charge is 0.352 e. The fourth-order valence-corrected chi connectivity index (χ4v) is 1.35. The molecule has 0 atom stereocenters. The summed E-state index contributed by atoms with van der Waals surface area (Å²) in [6.07, 6.45) is 1.03. The Morgan fingerprint density at radius 1 is 1.33 bits per heavy atom. The first-order chi connectivity index (χ1) is 7.13. The number of amides is 1. The highest BCUT2D eigenvalue weighted by atomic mass is 16.1. The molecule has 0 heterocycles. The minimum absolute atomic E-state index is 0.0550. The van der Waals surface area contributed by atoms with Gasteiger partial charge in [0.05, 0.1) is 0 Å². The van der Waals surface area contributed by atoms with Gasteiger partial charge in [-0.2, -0.15) is 0 Å². The predicted molar refractivity (Wildman–Crippen MR) is 62.5 cm³/mol. The minimum atomic E-state index is 0.0550. The first-order valence-corrected chi connectivity index (χ1v) is 5.49. The summed E-state index contributed by atoms with van der Waals surface area (Å²) in [7, 11) is 0. The standard InChI is InChI=1S/C13H19NO/c1-4-11-6-5-7-12(8-11)9-14-13(15)10(2)3/h5-8,10H,4,9H2,1-3H3,(H,14,15). The van der Waals surface area contributed by atoms with Crippen molar-refractivity contribution in [1.29, 1.82) is 0 Å². The van der Waals surface area contributed by atoms with Gasteiger partial charge in [0.2, 0.25) is 5.91 Å². The molecule has 0 saturated heterocycles. The Balaban J connectivity index is 2.54. The topological polar surface area (TPSA) is 29.1 Å². The maximum atomic E-state index is 11.4. The molecule has 0 saturated carbocycles. The fourth-order valence-electron chi connectivity index (χ4n) is 1.35. The van der Waals surface area contributed by atoms with Gasteiger partial charge < -0.3 is 5.32 Å². The molecule has 0 aromatic heterocycles. The van der Waals surface area contributed by atoms with Crippen molar-refractivity contribution >= 4 is 5.91 Å². The molecule has 1 aromatic carbocycles. The highest BCUT2D eigenvalue weighted by molar-refractivity contribution is 5.77. The van der Waals surface area contributed by atoms with Crippen molar-refractivity contribution in [2.45, 2.75) is 33.7 Å². The summed E-state index contributed by atoms with van der Waals surface area (Å²) in [6.45, 7) is 6.56. The second kappa shape index (κ2) is 5.54. The molecule has 1 N–H and O–H groups in total. The third-order valence-corrected chi connectivity index (χ3v) is 2.39. The zero-order valence-electron chi connectivity index (χ0n) is 9.71. The molecule has 15 heavy (non-hydrogen) atoms. The number of benzene rings is 1. The quantitative estimate of drug-likeness (QED) is 0.804. The van der Waals surface area contributed by atoms with Crippen molar-refractivity contribution in [3.8, 4) is 0 Å². The predicted octanol–water partition coefficient (Wildman–Crippen LogP) is 2.52. The van der Waals surface area contributed by atoms with Gasteiger partial charge in [0, 0.05) is 12.5 Å². The van der Waals surface area contributed by atoms with E-state index in [9.17, 15) is 4.79 Å². The summed E-state index contributed by atoms with van der Waals surface area (Å²) < 4.78 is 0. The molecule has 0 fully saturated rings. The number of hydrogen-bond acceptors (Lipinski definition) is 1. The Kier molecular flexibility index (Phi) is 4.35. The lowest BCUT2D eigenvalue weighted by atomic mass is 10.1. The van der Waals surface area contributed by atoms with E-state index >= 15 is 0 Å². The molecule has 0 radical (unpaired) electrons. The summed E-state index contributed by atoms with van der Waals surface area (Å²) in [5.41, 5.74) is 2.48. The summed E-state index contributed by atoms with van der Waals surface area (Å²) in [4.78, 5) is 11.4. The van der Waals surface area contributed by atoms with Crippen LogP contribution in [0.25, 0.3) is 0 Å². The van der Waals surface area contributed by atoms with E-state index in [0.29, 0.717) is 6.54 Å². The lowest BCUT2D eigenvalue weighted by Gasteiger charge is -2.08. The number of nitrogens with one attached hydrogen (secondary N) is 1. The molecule has 82 valence electrons. The molecule has 0 spiro atoms. The number of rotatable bonds is 4. The molecule has 2 nitrogen and oxygen atoms in total. The molecule has 1 aromatic rings. The third kappa shape index (κ3) is 3.74. The van der Waals surface area contributed by atoms with Crippen LogP contribution < -0.4 is 5.32 Å². The smallest absolute Gasteiger partial charge is 0.222 e. The number of hydrogen-bond donors (Lipinski definition) is 1. The van der Waals surface area contributed by atoms with Crippen LogP contribution in [0.4, 0.5) is 0 Å². The molecule has 0 aliphatic carbocycles. The Bertz CT molecular complexity index is 331. The molecule has 0 unspecified atom stereocenters. The number of carbonyl (C=O) groups excluding carboxylic acids is 1. The van der Waals surface area contributed by atoms with Crippen LogP contribution in [0, 0.1) is 5.92 Å². The lowest BCUT2D eigenvalue weighted by molar-refractivity contribution is -0.124. The van der Waals surface area contributed by atoms with Gasteiger partial charge in [0.15, 0.2) is 0 Å². The van der Waals surface area contributed by atoms with Crippen LogP contribution in [0.2, 0.25) is 0 Å². The molecule has 0 aliphatic heterocycles. The van der Waals surface area contributed by atoms with Crippen molar-refractivity contribution in [2.75, 3.05) is 0 Å². The van der Waals surface area contributed by atoms with Crippen molar-refractivity contribution in [1.82, 2.24) is 5.32 Å². The van der Waals surface area contributed by atoms with Gasteiger partial charge in [0.25, 0.3) is 0 Å². The van der Waals surface area contributed by atoms with Crippen LogP contribution in [0.5, 0.6) is 0 Å². The molecule has 0 aliphatic rings. The average Bonchev–Trinajstić information content (AvgIpc) is 2.26. The van der Waals surface area contributed by atoms with Gasteiger partial charge in [0.1, 0.15) is 0 Å². The Labute approximate surface area is 91.7 Å². The molecule has 1 rings (SSSR count). The SMILES string of the molecule is CCc1cccc(CNC(=O)C(C)C)c1. The van der Waals surface area contributed by atoms with E-state index in [4.69, 9.17) is 0 Å². The van der Waals surface area contributed by atoms with Crippen LogP contribution in [-0.4, -0.2) is 5.91 Å². The van der Waals surface area contributed by atoms with Crippen LogP contribution in [-0.2, 0) is 17.8 Å². The highest BCUT2D eigenvalue weighted by Gasteiger charge is 2.05. The van der Waals surface area contributed by atoms with E-state index in [1.165, 1.54) is 11.1 Å². The van der Waals surface area contributed by atoms with Crippen LogP contribution >= 0.6 is 0 Å². The maximum absolute atomic E-state index is 11.4. The van der Waals surface area contributed by atoms with Gasteiger partial charge in [-0.3, -0.25) is 4.79 Å². The summed E-state index contributed by atoms with van der Waals surface area (Å²) >= 11 is 0. The molecular formula is C13H19NO. The second-order valence-electron chi connectivity index (χ2n) is 4.05. The van der Waals surface area contributed by atoms with Crippen molar-refractivity contribution < 1.29 is 4.79 Å². The average molecular weight is 205 g/mol. The van der Waals surface area contributed by atoms with Gasteiger partial charge in [-0.15, -0.1) is 0 Å². The van der Waals surface area contributed by atoms with Gasteiger partial charge in [-0.25, -0.2) is 0 Å². The van der Waals surface area contributed by atoms with E-state index in [2.05, 4.69) is 24.4 Å². The molecular weight excluding hydrogens is 186 g/mol. The Hall–Kier alpha value is -1.31. The number of aryl methyl sites for hydroxylation is 1. The third-order valence-electron chi connectivity index (χ3n) is 2.39. The Morgan fingerprint density at radius 3 is 2.60 bits per heavy atom. The molecule has 2 heteroatoms. The Morgan fingerprint density at radius 2 is 2.00 bits per heavy atom. The monoisotopic (exact) mass is 205 g/mol. The molecule has 1 amide bonds. The van der Waals surface area contributed by atoms with E-state index < -0.39 is 0 Å².